The summed E-state index contributed by atoms with van der Waals surface area (Å²) in [7, 11) is 1.62. The fraction of sp³-hybridized carbons (Fsp3) is 0.278. The lowest BCUT2D eigenvalue weighted by Crippen LogP contribution is -2.22. The van der Waals surface area contributed by atoms with Crippen molar-refractivity contribution in [1.29, 1.82) is 0 Å². The molecule has 2 aromatic carbocycles. The van der Waals surface area contributed by atoms with E-state index in [1.165, 1.54) is 0 Å². The Kier molecular flexibility index (Phi) is 7.17. The molecule has 0 aromatic heterocycles. The molecule has 25 heavy (non-hydrogen) atoms. The Bertz CT molecular complexity index is 737. The first-order valence-electron chi connectivity index (χ1n) is 7.85. The molecule has 1 aliphatic rings. The second-order valence-corrected chi connectivity index (χ2v) is 5.36. The van der Waals surface area contributed by atoms with Gasteiger partial charge in [-0.15, -0.1) is 24.0 Å². The van der Waals surface area contributed by atoms with Gasteiger partial charge in [-0.2, -0.15) is 0 Å². The number of hydrogen-bond donors (Lipinski definition) is 2. The smallest absolute Gasteiger partial charge is 0.193 e. The van der Waals surface area contributed by atoms with E-state index in [0.29, 0.717) is 31.5 Å². The molecule has 1 heterocycles. The Labute approximate surface area is 164 Å². The fourth-order valence-electron chi connectivity index (χ4n) is 2.41. The molecule has 0 unspecified atom stereocenters. The Morgan fingerprint density at radius 2 is 1.92 bits per heavy atom. The van der Waals surface area contributed by atoms with E-state index in [1.807, 2.05) is 42.5 Å². The number of ether oxygens (including phenoxy) is 3. The third-order valence-electron chi connectivity index (χ3n) is 3.61. The number of hydrogen-bond acceptors (Lipinski definition) is 4. The second kappa shape index (κ2) is 9.36. The molecule has 0 bridgehead atoms. The average Bonchev–Trinajstić information content (AvgIpc) is 2.85. The number of aliphatic imine (C=N–C) groups is 1. The number of nitrogens with two attached hydrogens (primary N) is 1. The lowest BCUT2D eigenvalue weighted by Gasteiger charge is -2.11. The number of benzene rings is 2. The molecule has 6 nitrogen and oxygen atoms in total. The summed E-state index contributed by atoms with van der Waals surface area (Å²) in [5.41, 5.74) is 7.75. The van der Waals surface area contributed by atoms with E-state index in [0.717, 1.165) is 29.2 Å². The van der Waals surface area contributed by atoms with E-state index in [2.05, 4.69) is 10.3 Å². The van der Waals surface area contributed by atoms with Crippen LogP contribution in [0.15, 0.2) is 47.5 Å². The molecule has 3 rings (SSSR count). The second-order valence-electron chi connectivity index (χ2n) is 5.36. The maximum Gasteiger partial charge on any atom is 0.193 e. The largest absolute Gasteiger partial charge is 0.495 e. The third-order valence-corrected chi connectivity index (χ3v) is 3.61. The van der Waals surface area contributed by atoms with E-state index >= 15 is 0 Å². The summed E-state index contributed by atoms with van der Waals surface area (Å²) in [6.45, 7) is 1.79. The molecule has 0 amide bonds. The summed E-state index contributed by atoms with van der Waals surface area (Å²) < 4.78 is 16.6. The molecule has 0 radical (unpaired) electrons. The van der Waals surface area contributed by atoms with Gasteiger partial charge in [0.2, 0.25) is 0 Å². The quantitative estimate of drug-likeness (QED) is 0.420. The van der Waals surface area contributed by atoms with Crippen LogP contribution >= 0.6 is 24.0 Å². The van der Waals surface area contributed by atoms with Gasteiger partial charge in [-0.3, -0.25) is 0 Å². The Balaban J connectivity index is 0.00000225. The molecular formula is C18H22IN3O3. The third kappa shape index (κ3) is 5.15. The van der Waals surface area contributed by atoms with Gasteiger partial charge in [-0.1, -0.05) is 18.2 Å². The standard InChI is InChI=1S/C18H21N3O3.HI/c1-22-15-6-3-2-5-14(15)21-18(19)20-12-13-7-8-16-17(11-13)24-10-4-9-23-16;/h2-3,5-8,11H,4,9-10,12H2,1H3,(H3,19,20,21);1H. The minimum Gasteiger partial charge on any atom is -0.495 e. The van der Waals surface area contributed by atoms with Crippen molar-refractivity contribution in [2.45, 2.75) is 13.0 Å². The molecule has 0 spiro atoms. The van der Waals surface area contributed by atoms with Crippen molar-refractivity contribution in [3.05, 3.63) is 48.0 Å². The van der Waals surface area contributed by atoms with Gasteiger partial charge >= 0.3 is 0 Å². The van der Waals surface area contributed by atoms with Crippen LogP contribution in [0.4, 0.5) is 5.69 Å². The van der Waals surface area contributed by atoms with Gasteiger partial charge in [0.1, 0.15) is 5.75 Å². The van der Waals surface area contributed by atoms with E-state index in [-0.39, 0.29) is 24.0 Å². The van der Waals surface area contributed by atoms with Crippen molar-refractivity contribution in [2.24, 2.45) is 10.7 Å². The van der Waals surface area contributed by atoms with Crippen LogP contribution in [0.25, 0.3) is 0 Å². The number of nitrogens with zero attached hydrogens (tertiary/aromatic N) is 1. The van der Waals surface area contributed by atoms with E-state index in [4.69, 9.17) is 19.9 Å². The maximum absolute atomic E-state index is 5.97. The van der Waals surface area contributed by atoms with Gasteiger partial charge in [-0.25, -0.2) is 4.99 Å². The number of halogens is 1. The molecule has 0 fully saturated rings. The molecular weight excluding hydrogens is 433 g/mol. The van der Waals surface area contributed by atoms with Crippen molar-refractivity contribution in [3.63, 3.8) is 0 Å². The molecule has 3 N–H and O–H groups in total. The fourth-order valence-corrected chi connectivity index (χ4v) is 2.41. The zero-order valence-corrected chi connectivity index (χ0v) is 16.4. The van der Waals surface area contributed by atoms with Crippen LogP contribution in [0.1, 0.15) is 12.0 Å². The van der Waals surface area contributed by atoms with Gasteiger partial charge in [0.25, 0.3) is 0 Å². The first-order valence-corrected chi connectivity index (χ1v) is 7.85. The van der Waals surface area contributed by atoms with Crippen molar-refractivity contribution in [3.8, 4) is 17.2 Å². The lowest BCUT2D eigenvalue weighted by atomic mass is 10.2. The molecule has 7 heteroatoms. The minimum absolute atomic E-state index is 0. The van der Waals surface area contributed by atoms with Crippen molar-refractivity contribution in [1.82, 2.24) is 0 Å². The van der Waals surface area contributed by atoms with Crippen LogP contribution in [0.3, 0.4) is 0 Å². The van der Waals surface area contributed by atoms with Crippen LogP contribution < -0.4 is 25.3 Å². The van der Waals surface area contributed by atoms with E-state index in [9.17, 15) is 0 Å². The number of para-hydroxylation sites is 2. The van der Waals surface area contributed by atoms with E-state index in [1.54, 1.807) is 7.11 Å². The molecule has 134 valence electrons. The first kappa shape index (κ1) is 19.2. The molecule has 0 aliphatic carbocycles. The predicted octanol–water partition coefficient (Wildman–Crippen LogP) is 3.40. The highest BCUT2D eigenvalue weighted by atomic mass is 127. The minimum atomic E-state index is 0. The van der Waals surface area contributed by atoms with Crippen molar-refractivity contribution >= 4 is 35.6 Å². The van der Waals surface area contributed by atoms with Crippen LogP contribution in [0, 0.1) is 0 Å². The normalized spacial score (nSPS) is 13.4. The van der Waals surface area contributed by atoms with Crippen LogP contribution in [-0.4, -0.2) is 26.3 Å². The number of guanidine groups is 1. The first-order chi connectivity index (χ1) is 11.8. The maximum atomic E-state index is 5.97. The topological polar surface area (TPSA) is 78.1 Å². The summed E-state index contributed by atoms with van der Waals surface area (Å²) in [4.78, 5) is 4.37. The van der Waals surface area contributed by atoms with Gasteiger partial charge in [0.15, 0.2) is 17.5 Å². The summed E-state index contributed by atoms with van der Waals surface area (Å²) in [5, 5.41) is 3.05. The number of anilines is 1. The van der Waals surface area contributed by atoms with Crippen LogP contribution in [0.5, 0.6) is 17.2 Å². The zero-order chi connectivity index (χ0) is 16.8. The molecule has 0 saturated heterocycles. The summed E-state index contributed by atoms with van der Waals surface area (Å²) in [5.74, 6) is 2.58. The van der Waals surface area contributed by atoms with Crippen molar-refractivity contribution < 1.29 is 14.2 Å². The highest BCUT2D eigenvalue weighted by Crippen LogP contribution is 2.30. The van der Waals surface area contributed by atoms with Gasteiger partial charge in [-0.05, 0) is 29.8 Å². The highest BCUT2D eigenvalue weighted by Gasteiger charge is 2.10. The van der Waals surface area contributed by atoms with Crippen molar-refractivity contribution in [2.75, 3.05) is 25.6 Å². The Hall–Kier alpha value is -2.16. The molecule has 1 aliphatic heterocycles. The van der Waals surface area contributed by atoms with Gasteiger partial charge in [0, 0.05) is 6.42 Å². The Morgan fingerprint density at radius 3 is 2.72 bits per heavy atom. The van der Waals surface area contributed by atoms with Gasteiger partial charge in [0.05, 0.1) is 32.6 Å². The number of methoxy groups -OCH3 is 1. The van der Waals surface area contributed by atoms with Gasteiger partial charge < -0.3 is 25.3 Å². The highest BCUT2D eigenvalue weighted by molar-refractivity contribution is 14.0. The lowest BCUT2D eigenvalue weighted by molar-refractivity contribution is 0.297. The monoisotopic (exact) mass is 455 g/mol. The summed E-state index contributed by atoms with van der Waals surface area (Å²) in [6, 6.07) is 13.4. The number of fused-ring (bicyclic) bond motifs is 1. The zero-order valence-electron chi connectivity index (χ0n) is 14.0. The summed E-state index contributed by atoms with van der Waals surface area (Å²) >= 11 is 0. The molecule has 2 aromatic rings. The molecule has 0 atom stereocenters. The molecule has 0 saturated carbocycles. The predicted molar refractivity (Wildman–Crippen MR) is 109 cm³/mol. The summed E-state index contributed by atoms with van der Waals surface area (Å²) in [6.07, 6.45) is 0.887. The van der Waals surface area contributed by atoms with Crippen LogP contribution in [0.2, 0.25) is 0 Å². The van der Waals surface area contributed by atoms with Crippen LogP contribution in [-0.2, 0) is 6.54 Å². The SMILES string of the molecule is COc1ccccc1NC(N)=NCc1ccc2c(c1)OCCCO2.I. The number of nitrogens with one attached hydrogen (secondary N) is 1. The Morgan fingerprint density at radius 1 is 1.16 bits per heavy atom. The van der Waals surface area contributed by atoms with E-state index < -0.39 is 0 Å². The average molecular weight is 455 g/mol. The number of rotatable bonds is 4.